The number of aliphatic hydroxyl groups excluding tert-OH is 1. The summed E-state index contributed by atoms with van der Waals surface area (Å²) in [6, 6.07) is 7.27. The quantitative estimate of drug-likeness (QED) is 0.690. The van der Waals surface area contributed by atoms with E-state index in [0.29, 0.717) is 5.75 Å². The zero-order chi connectivity index (χ0) is 12.8. The van der Waals surface area contributed by atoms with Crippen molar-refractivity contribution in [3.63, 3.8) is 0 Å². The van der Waals surface area contributed by atoms with Gasteiger partial charge >= 0.3 is 0 Å². The Morgan fingerprint density at radius 2 is 2.28 bits per heavy atom. The standard InChI is InChI=1S/C10H12N6O2/c11-10-13-14-15-16(10)12-7-8-3-1-2-4-9(8)18-6-5-17/h1-4,7,17H,5-6H2,(H2,11,13,15). The molecule has 2 aromatic rings. The fourth-order valence-electron chi connectivity index (χ4n) is 1.26. The lowest BCUT2D eigenvalue weighted by Gasteiger charge is -2.06. The van der Waals surface area contributed by atoms with E-state index in [2.05, 4.69) is 20.6 Å². The first kappa shape index (κ1) is 12.0. The lowest BCUT2D eigenvalue weighted by molar-refractivity contribution is 0.201. The first-order chi connectivity index (χ1) is 8.81. The molecule has 1 heterocycles. The van der Waals surface area contributed by atoms with E-state index >= 15 is 0 Å². The van der Waals surface area contributed by atoms with Gasteiger partial charge < -0.3 is 15.6 Å². The number of aromatic nitrogens is 4. The Morgan fingerprint density at radius 3 is 3.00 bits per heavy atom. The third kappa shape index (κ3) is 2.80. The largest absolute Gasteiger partial charge is 0.491 e. The molecule has 94 valence electrons. The van der Waals surface area contributed by atoms with Gasteiger partial charge in [-0.05, 0) is 22.6 Å². The molecule has 0 bridgehead atoms. The van der Waals surface area contributed by atoms with Crippen molar-refractivity contribution >= 4 is 12.2 Å². The number of nitrogens with zero attached hydrogens (tertiary/aromatic N) is 5. The fourth-order valence-corrected chi connectivity index (χ4v) is 1.26. The van der Waals surface area contributed by atoms with E-state index in [1.807, 2.05) is 18.2 Å². The Balaban J connectivity index is 2.18. The number of hydrogen-bond acceptors (Lipinski definition) is 7. The molecule has 2 rings (SSSR count). The molecule has 8 nitrogen and oxygen atoms in total. The molecule has 0 aliphatic carbocycles. The molecule has 0 spiro atoms. The van der Waals surface area contributed by atoms with Gasteiger partial charge in [0.15, 0.2) is 0 Å². The fraction of sp³-hybridized carbons (Fsp3) is 0.200. The Labute approximate surface area is 103 Å². The van der Waals surface area contributed by atoms with E-state index in [1.54, 1.807) is 6.07 Å². The summed E-state index contributed by atoms with van der Waals surface area (Å²) in [7, 11) is 0. The van der Waals surface area contributed by atoms with Crippen LogP contribution in [0.1, 0.15) is 5.56 Å². The van der Waals surface area contributed by atoms with Crippen LogP contribution in [0.4, 0.5) is 5.95 Å². The predicted octanol–water partition coefficient (Wildman–Crippen LogP) is -0.491. The molecule has 0 atom stereocenters. The zero-order valence-electron chi connectivity index (χ0n) is 9.47. The number of nitrogens with two attached hydrogens (primary N) is 1. The van der Waals surface area contributed by atoms with Gasteiger partial charge in [-0.1, -0.05) is 22.0 Å². The van der Waals surface area contributed by atoms with Gasteiger partial charge in [-0.25, -0.2) is 0 Å². The molecule has 0 aliphatic rings. The smallest absolute Gasteiger partial charge is 0.263 e. The number of aliphatic hydroxyl groups is 1. The maximum Gasteiger partial charge on any atom is 0.263 e. The van der Waals surface area contributed by atoms with E-state index in [1.165, 1.54) is 6.21 Å². The highest BCUT2D eigenvalue weighted by Crippen LogP contribution is 2.15. The Kier molecular flexibility index (Phi) is 3.82. The van der Waals surface area contributed by atoms with Crippen LogP contribution in [-0.4, -0.2) is 44.9 Å². The van der Waals surface area contributed by atoms with Crippen molar-refractivity contribution in [3.8, 4) is 5.75 Å². The predicted molar refractivity (Wildman–Crippen MR) is 64.2 cm³/mol. The molecule has 0 saturated carbocycles. The summed E-state index contributed by atoms with van der Waals surface area (Å²) in [5.74, 6) is 0.710. The Bertz CT molecular complexity index is 539. The second-order valence-electron chi connectivity index (χ2n) is 3.28. The SMILES string of the molecule is Nc1nnnn1N=Cc1ccccc1OCCO. The van der Waals surface area contributed by atoms with Crippen molar-refractivity contribution in [2.24, 2.45) is 5.10 Å². The third-order valence-corrected chi connectivity index (χ3v) is 2.05. The average Bonchev–Trinajstić information content (AvgIpc) is 2.80. The normalized spacial score (nSPS) is 10.9. The number of hydrogen-bond donors (Lipinski definition) is 2. The van der Waals surface area contributed by atoms with Gasteiger partial charge in [0.25, 0.3) is 5.95 Å². The summed E-state index contributed by atoms with van der Waals surface area (Å²) in [4.78, 5) is 1.10. The maximum absolute atomic E-state index is 8.73. The monoisotopic (exact) mass is 248 g/mol. The summed E-state index contributed by atoms with van der Waals surface area (Å²) in [5.41, 5.74) is 6.21. The summed E-state index contributed by atoms with van der Waals surface area (Å²) < 4.78 is 5.35. The molecule has 0 fully saturated rings. The van der Waals surface area contributed by atoms with E-state index < -0.39 is 0 Å². The van der Waals surface area contributed by atoms with Gasteiger partial charge in [0, 0.05) is 5.56 Å². The topological polar surface area (TPSA) is 111 Å². The van der Waals surface area contributed by atoms with Crippen LogP contribution >= 0.6 is 0 Å². The molecule has 0 saturated heterocycles. The molecule has 0 aliphatic heterocycles. The van der Waals surface area contributed by atoms with Crippen molar-refractivity contribution in [1.29, 1.82) is 0 Å². The van der Waals surface area contributed by atoms with Crippen LogP contribution in [0.2, 0.25) is 0 Å². The van der Waals surface area contributed by atoms with E-state index in [9.17, 15) is 0 Å². The minimum atomic E-state index is -0.0502. The van der Waals surface area contributed by atoms with Gasteiger partial charge in [0.1, 0.15) is 12.4 Å². The van der Waals surface area contributed by atoms with Crippen molar-refractivity contribution in [3.05, 3.63) is 29.8 Å². The van der Waals surface area contributed by atoms with Gasteiger partial charge in [-0.2, -0.15) is 5.10 Å². The van der Waals surface area contributed by atoms with Crippen molar-refractivity contribution < 1.29 is 9.84 Å². The number of nitrogen functional groups attached to an aromatic ring is 1. The van der Waals surface area contributed by atoms with Crippen LogP contribution in [0.25, 0.3) is 0 Å². The highest BCUT2D eigenvalue weighted by atomic mass is 16.5. The number of tetrazole rings is 1. The Morgan fingerprint density at radius 1 is 1.44 bits per heavy atom. The summed E-state index contributed by atoms with van der Waals surface area (Å²) >= 11 is 0. The van der Waals surface area contributed by atoms with Gasteiger partial charge in [0.05, 0.1) is 12.8 Å². The summed E-state index contributed by atoms with van der Waals surface area (Å²) in [6.07, 6.45) is 1.53. The van der Waals surface area contributed by atoms with Gasteiger partial charge in [-0.3, -0.25) is 0 Å². The van der Waals surface area contributed by atoms with Crippen molar-refractivity contribution in [2.45, 2.75) is 0 Å². The van der Waals surface area contributed by atoms with Crippen LogP contribution < -0.4 is 10.5 Å². The molecule has 8 heteroatoms. The lowest BCUT2D eigenvalue weighted by Crippen LogP contribution is -2.04. The number of benzene rings is 1. The number of rotatable bonds is 5. The minimum absolute atomic E-state index is 0.0502. The molecule has 0 unspecified atom stereocenters. The van der Waals surface area contributed by atoms with E-state index in [-0.39, 0.29) is 19.2 Å². The van der Waals surface area contributed by atoms with Crippen LogP contribution in [0, 0.1) is 0 Å². The van der Waals surface area contributed by atoms with E-state index in [0.717, 1.165) is 10.4 Å². The minimum Gasteiger partial charge on any atom is -0.491 e. The first-order valence-corrected chi connectivity index (χ1v) is 5.22. The van der Waals surface area contributed by atoms with Gasteiger partial charge in [-0.15, -0.1) is 0 Å². The molecule has 1 aromatic heterocycles. The second kappa shape index (κ2) is 5.73. The molecule has 18 heavy (non-hydrogen) atoms. The van der Waals surface area contributed by atoms with Crippen LogP contribution in [0.3, 0.4) is 0 Å². The van der Waals surface area contributed by atoms with Gasteiger partial charge in [0.2, 0.25) is 0 Å². The third-order valence-electron chi connectivity index (χ3n) is 2.05. The molecular formula is C10H12N6O2. The molecule has 1 aromatic carbocycles. The molecule has 0 amide bonds. The van der Waals surface area contributed by atoms with Crippen molar-refractivity contribution in [2.75, 3.05) is 18.9 Å². The van der Waals surface area contributed by atoms with Crippen LogP contribution in [0.5, 0.6) is 5.75 Å². The molecule has 0 radical (unpaired) electrons. The zero-order valence-corrected chi connectivity index (χ0v) is 9.47. The number of para-hydroxylation sites is 1. The Hall–Kier alpha value is -2.48. The first-order valence-electron chi connectivity index (χ1n) is 5.22. The molecular weight excluding hydrogens is 236 g/mol. The summed E-state index contributed by atoms with van der Waals surface area (Å²) in [5, 5.41) is 23.2. The highest BCUT2D eigenvalue weighted by molar-refractivity contribution is 5.83. The van der Waals surface area contributed by atoms with Crippen LogP contribution in [-0.2, 0) is 0 Å². The van der Waals surface area contributed by atoms with E-state index in [4.69, 9.17) is 15.6 Å². The second-order valence-corrected chi connectivity index (χ2v) is 3.28. The number of anilines is 1. The lowest BCUT2D eigenvalue weighted by atomic mass is 10.2. The maximum atomic E-state index is 8.73. The molecule has 3 N–H and O–H groups in total. The number of ether oxygens (including phenoxy) is 1. The summed E-state index contributed by atoms with van der Waals surface area (Å²) in [6.45, 7) is 0.170. The van der Waals surface area contributed by atoms with Crippen molar-refractivity contribution in [1.82, 2.24) is 20.3 Å². The highest BCUT2D eigenvalue weighted by Gasteiger charge is 2.01. The van der Waals surface area contributed by atoms with Crippen LogP contribution in [0.15, 0.2) is 29.4 Å². The average molecular weight is 248 g/mol.